The number of aliphatic hydroxyl groups excluding tert-OH is 1. The van der Waals surface area contributed by atoms with Crippen LogP contribution in [0.2, 0.25) is 0 Å². The predicted octanol–water partition coefficient (Wildman–Crippen LogP) is 2.69. The van der Waals surface area contributed by atoms with Crippen molar-refractivity contribution in [1.82, 2.24) is 0 Å². The molecule has 1 nitrogen and oxygen atoms in total. The lowest BCUT2D eigenvalue weighted by Crippen LogP contribution is -2.29. The summed E-state index contributed by atoms with van der Waals surface area (Å²) < 4.78 is 0. The van der Waals surface area contributed by atoms with Gasteiger partial charge in [-0.05, 0) is 17.8 Å². The van der Waals surface area contributed by atoms with Crippen molar-refractivity contribution in [2.75, 3.05) is 0 Å². The Morgan fingerprint density at radius 2 is 1.45 bits per heavy atom. The first-order chi connectivity index (χ1) is 5.00. The quantitative estimate of drug-likeness (QED) is 0.667. The Balaban J connectivity index is 4.02. The van der Waals surface area contributed by atoms with Crippen LogP contribution in [0.5, 0.6) is 0 Å². The van der Waals surface area contributed by atoms with Crippen LogP contribution in [0.15, 0.2) is 0 Å². The molecule has 0 aliphatic carbocycles. The largest absolute Gasteiger partial charge is 0.393 e. The van der Waals surface area contributed by atoms with E-state index in [4.69, 9.17) is 0 Å². The summed E-state index contributed by atoms with van der Waals surface area (Å²) in [6.45, 7) is 10.7. The zero-order chi connectivity index (χ0) is 9.02. The average molecular weight is 158 g/mol. The molecule has 0 amide bonds. The topological polar surface area (TPSA) is 20.2 Å². The lowest BCUT2D eigenvalue weighted by Gasteiger charge is -2.27. The van der Waals surface area contributed by atoms with E-state index in [1.165, 1.54) is 0 Å². The second kappa shape index (κ2) is 4.76. The van der Waals surface area contributed by atoms with Crippen molar-refractivity contribution in [3.8, 4) is 0 Å². The molecule has 0 aromatic heterocycles. The molecule has 1 N–H and O–H groups in total. The Labute approximate surface area is 70.8 Å². The summed E-state index contributed by atoms with van der Waals surface area (Å²) in [5, 5.41) is 9.76. The van der Waals surface area contributed by atoms with Crippen LogP contribution in [0.4, 0.5) is 0 Å². The highest BCUT2D eigenvalue weighted by Gasteiger charge is 2.22. The van der Waals surface area contributed by atoms with Gasteiger partial charge in [0.1, 0.15) is 0 Å². The maximum atomic E-state index is 9.76. The maximum Gasteiger partial charge on any atom is 0.0593 e. The van der Waals surface area contributed by atoms with E-state index in [0.29, 0.717) is 17.8 Å². The number of hydrogen-bond acceptors (Lipinski definition) is 1. The number of hydrogen-bond donors (Lipinski definition) is 1. The molecule has 0 aromatic rings. The van der Waals surface area contributed by atoms with Gasteiger partial charge in [-0.25, -0.2) is 0 Å². The van der Waals surface area contributed by atoms with Gasteiger partial charge in [0.15, 0.2) is 0 Å². The highest BCUT2D eigenvalue weighted by atomic mass is 16.3. The van der Waals surface area contributed by atoms with Gasteiger partial charge in [-0.3, -0.25) is 0 Å². The lowest BCUT2D eigenvalue weighted by molar-refractivity contribution is 0.0405. The van der Waals surface area contributed by atoms with Crippen molar-refractivity contribution in [1.29, 1.82) is 0 Å². The Hall–Kier alpha value is -0.0400. The van der Waals surface area contributed by atoms with Gasteiger partial charge < -0.3 is 5.11 Å². The molecule has 0 spiro atoms. The average Bonchev–Trinajstić information content (AvgIpc) is 1.88. The van der Waals surface area contributed by atoms with Crippen LogP contribution in [0, 0.1) is 17.8 Å². The molecule has 0 aromatic carbocycles. The standard InChI is InChI=1S/C10H22O/c1-6-9(7(2)3)10(11)8(4)5/h7-11H,6H2,1-5H3. The summed E-state index contributed by atoms with van der Waals surface area (Å²) in [6.07, 6.45) is 0.955. The molecule has 0 heterocycles. The number of rotatable bonds is 4. The normalized spacial score (nSPS) is 17.5. The molecule has 0 radical (unpaired) electrons. The van der Waals surface area contributed by atoms with Crippen molar-refractivity contribution in [3.05, 3.63) is 0 Å². The van der Waals surface area contributed by atoms with Gasteiger partial charge in [-0.15, -0.1) is 0 Å². The molecule has 0 saturated carbocycles. The van der Waals surface area contributed by atoms with Crippen LogP contribution in [0.1, 0.15) is 41.0 Å². The van der Waals surface area contributed by atoms with Gasteiger partial charge in [-0.1, -0.05) is 41.0 Å². The molecule has 0 saturated heterocycles. The monoisotopic (exact) mass is 158 g/mol. The van der Waals surface area contributed by atoms with E-state index in [2.05, 4.69) is 34.6 Å². The third-order valence-electron chi connectivity index (χ3n) is 2.45. The Kier molecular flexibility index (Phi) is 4.74. The molecule has 11 heavy (non-hydrogen) atoms. The van der Waals surface area contributed by atoms with Gasteiger partial charge in [0.05, 0.1) is 6.10 Å². The molecule has 0 bridgehead atoms. The smallest absolute Gasteiger partial charge is 0.0593 e. The summed E-state index contributed by atoms with van der Waals surface area (Å²) in [7, 11) is 0. The summed E-state index contributed by atoms with van der Waals surface area (Å²) in [4.78, 5) is 0. The summed E-state index contributed by atoms with van der Waals surface area (Å²) in [5.74, 6) is 1.45. The first-order valence-corrected chi connectivity index (χ1v) is 4.68. The van der Waals surface area contributed by atoms with Gasteiger partial charge in [0.2, 0.25) is 0 Å². The van der Waals surface area contributed by atoms with Crippen LogP contribution in [0.25, 0.3) is 0 Å². The number of aliphatic hydroxyl groups is 1. The van der Waals surface area contributed by atoms with Crippen molar-refractivity contribution >= 4 is 0 Å². The van der Waals surface area contributed by atoms with Crippen molar-refractivity contribution in [3.63, 3.8) is 0 Å². The second-order valence-electron chi connectivity index (χ2n) is 4.05. The van der Waals surface area contributed by atoms with E-state index in [9.17, 15) is 5.11 Å². The van der Waals surface area contributed by atoms with E-state index in [1.54, 1.807) is 0 Å². The molecule has 68 valence electrons. The molecule has 0 rings (SSSR count). The van der Waals surface area contributed by atoms with Crippen molar-refractivity contribution in [2.45, 2.75) is 47.1 Å². The Bertz CT molecular complexity index is 97.0. The van der Waals surface area contributed by atoms with Gasteiger partial charge in [0, 0.05) is 0 Å². The third-order valence-corrected chi connectivity index (χ3v) is 2.45. The molecule has 0 fully saturated rings. The fourth-order valence-electron chi connectivity index (χ4n) is 1.60. The highest BCUT2D eigenvalue weighted by Crippen LogP contribution is 2.23. The van der Waals surface area contributed by atoms with E-state index < -0.39 is 0 Å². The molecular weight excluding hydrogens is 136 g/mol. The van der Waals surface area contributed by atoms with Gasteiger partial charge in [0.25, 0.3) is 0 Å². The second-order valence-corrected chi connectivity index (χ2v) is 4.05. The molecule has 0 aliphatic rings. The van der Waals surface area contributed by atoms with E-state index in [-0.39, 0.29) is 6.10 Å². The summed E-state index contributed by atoms with van der Waals surface area (Å²) in [6, 6.07) is 0. The van der Waals surface area contributed by atoms with Crippen LogP contribution in [-0.4, -0.2) is 11.2 Å². The zero-order valence-electron chi connectivity index (χ0n) is 8.46. The molecule has 0 aliphatic heterocycles. The molecule has 2 unspecified atom stereocenters. The summed E-state index contributed by atoms with van der Waals surface area (Å²) in [5.41, 5.74) is 0. The fourth-order valence-corrected chi connectivity index (χ4v) is 1.60. The van der Waals surface area contributed by atoms with E-state index in [0.717, 1.165) is 6.42 Å². The van der Waals surface area contributed by atoms with Crippen molar-refractivity contribution < 1.29 is 5.11 Å². The third kappa shape index (κ3) is 3.24. The maximum absolute atomic E-state index is 9.76. The van der Waals surface area contributed by atoms with E-state index in [1.807, 2.05) is 0 Å². The highest BCUT2D eigenvalue weighted by molar-refractivity contribution is 4.72. The van der Waals surface area contributed by atoms with Crippen LogP contribution >= 0.6 is 0 Å². The zero-order valence-corrected chi connectivity index (χ0v) is 8.46. The van der Waals surface area contributed by atoms with Crippen LogP contribution in [0.3, 0.4) is 0 Å². The van der Waals surface area contributed by atoms with Crippen LogP contribution in [-0.2, 0) is 0 Å². The molecular formula is C10H22O. The van der Waals surface area contributed by atoms with Crippen molar-refractivity contribution in [2.24, 2.45) is 17.8 Å². The van der Waals surface area contributed by atoms with Gasteiger partial charge in [-0.2, -0.15) is 0 Å². The molecule has 2 atom stereocenters. The van der Waals surface area contributed by atoms with Crippen LogP contribution < -0.4 is 0 Å². The predicted molar refractivity (Wildman–Crippen MR) is 49.5 cm³/mol. The first-order valence-electron chi connectivity index (χ1n) is 4.68. The fraction of sp³-hybridized carbons (Fsp3) is 1.00. The minimum atomic E-state index is -0.125. The Morgan fingerprint density at radius 1 is 1.00 bits per heavy atom. The first kappa shape index (κ1) is 11.0. The molecule has 1 heteroatoms. The minimum absolute atomic E-state index is 0.125. The SMILES string of the molecule is CCC(C(C)C)C(O)C(C)C. The van der Waals surface area contributed by atoms with E-state index >= 15 is 0 Å². The summed E-state index contributed by atoms with van der Waals surface area (Å²) >= 11 is 0. The minimum Gasteiger partial charge on any atom is -0.393 e. The van der Waals surface area contributed by atoms with Gasteiger partial charge >= 0.3 is 0 Å². The lowest BCUT2D eigenvalue weighted by atomic mass is 9.83. The Morgan fingerprint density at radius 3 is 1.55 bits per heavy atom.